The van der Waals surface area contributed by atoms with Gasteiger partial charge in [0.15, 0.2) is 6.29 Å². The minimum Gasteiger partial charge on any atom is -0.480 e. The number of carboxylic acids is 2. The molecule has 0 unspecified atom stereocenters. The van der Waals surface area contributed by atoms with Crippen molar-refractivity contribution >= 4 is 11.9 Å². The zero-order valence-corrected chi connectivity index (χ0v) is 7.68. The Kier molecular flexibility index (Phi) is 7.42. The SMILES string of the molecule is N[C@@H](CC(O)O)C(=O)O.O=C(O)C(F)(F)F. The molecule has 0 rings (SSSR count). The first-order valence-electron chi connectivity index (χ1n) is 3.63. The molecule has 96 valence electrons. The second kappa shape index (κ2) is 6.98. The van der Waals surface area contributed by atoms with E-state index in [1.165, 1.54) is 0 Å². The van der Waals surface area contributed by atoms with Gasteiger partial charge in [-0.2, -0.15) is 13.2 Å². The Morgan fingerprint density at radius 2 is 1.50 bits per heavy atom. The molecule has 16 heavy (non-hydrogen) atoms. The second-order valence-corrected chi connectivity index (χ2v) is 2.46. The summed E-state index contributed by atoms with van der Waals surface area (Å²) in [6.07, 6.45) is -7.06. The number of aliphatic hydroxyl groups excluding tert-OH is 1. The molecule has 1 atom stereocenters. The molecule has 0 saturated carbocycles. The van der Waals surface area contributed by atoms with E-state index in [2.05, 4.69) is 0 Å². The Labute approximate surface area is 86.9 Å². The van der Waals surface area contributed by atoms with Crippen molar-refractivity contribution in [1.29, 1.82) is 0 Å². The smallest absolute Gasteiger partial charge is 0.480 e. The number of aliphatic hydroxyl groups is 2. The number of halogens is 3. The largest absolute Gasteiger partial charge is 0.490 e. The molecule has 0 heterocycles. The van der Waals surface area contributed by atoms with Crippen molar-refractivity contribution in [2.24, 2.45) is 5.73 Å². The fourth-order valence-electron chi connectivity index (χ4n) is 0.328. The molecule has 0 aliphatic heterocycles. The molecule has 0 aromatic heterocycles. The first kappa shape index (κ1) is 17.0. The van der Waals surface area contributed by atoms with Crippen LogP contribution in [0.5, 0.6) is 0 Å². The Hall–Kier alpha value is -1.39. The van der Waals surface area contributed by atoms with Gasteiger partial charge in [0.1, 0.15) is 6.04 Å². The van der Waals surface area contributed by atoms with E-state index >= 15 is 0 Å². The van der Waals surface area contributed by atoms with E-state index in [9.17, 15) is 18.0 Å². The number of carboxylic acid groups (broad SMARTS) is 2. The van der Waals surface area contributed by atoms with Gasteiger partial charge in [0.05, 0.1) is 0 Å². The van der Waals surface area contributed by atoms with E-state index in [-0.39, 0.29) is 6.42 Å². The average molecular weight is 249 g/mol. The molecule has 10 heteroatoms. The zero-order valence-electron chi connectivity index (χ0n) is 7.68. The van der Waals surface area contributed by atoms with Crippen LogP contribution in [-0.4, -0.2) is 50.9 Å². The third-order valence-corrected chi connectivity index (χ3v) is 1.02. The van der Waals surface area contributed by atoms with Crippen LogP contribution in [0.4, 0.5) is 13.2 Å². The van der Waals surface area contributed by atoms with Gasteiger partial charge in [0.25, 0.3) is 0 Å². The first-order valence-corrected chi connectivity index (χ1v) is 3.63. The number of carbonyl (C=O) groups is 2. The van der Waals surface area contributed by atoms with Gasteiger partial charge in [0, 0.05) is 6.42 Å². The van der Waals surface area contributed by atoms with Gasteiger partial charge in [-0.1, -0.05) is 0 Å². The van der Waals surface area contributed by atoms with Crippen LogP contribution in [0, 0.1) is 0 Å². The van der Waals surface area contributed by atoms with Gasteiger partial charge in [-0.25, -0.2) is 4.79 Å². The highest BCUT2D eigenvalue weighted by Crippen LogP contribution is 2.13. The lowest BCUT2D eigenvalue weighted by atomic mass is 10.2. The average Bonchev–Trinajstić information content (AvgIpc) is 2.01. The molecule has 0 amide bonds. The number of alkyl halides is 3. The van der Waals surface area contributed by atoms with Crippen LogP contribution < -0.4 is 5.73 Å². The van der Waals surface area contributed by atoms with Crippen LogP contribution >= 0.6 is 0 Å². The fraction of sp³-hybridized carbons (Fsp3) is 0.667. The number of hydrogen-bond donors (Lipinski definition) is 5. The van der Waals surface area contributed by atoms with Crippen LogP contribution in [-0.2, 0) is 9.59 Å². The maximum absolute atomic E-state index is 10.6. The van der Waals surface area contributed by atoms with Crippen LogP contribution in [0.25, 0.3) is 0 Å². The van der Waals surface area contributed by atoms with Crippen LogP contribution in [0.15, 0.2) is 0 Å². The number of nitrogens with two attached hydrogens (primary N) is 1. The van der Waals surface area contributed by atoms with E-state index in [0.717, 1.165) is 0 Å². The third kappa shape index (κ3) is 10.7. The van der Waals surface area contributed by atoms with Crippen molar-refractivity contribution in [3.05, 3.63) is 0 Å². The lowest BCUT2D eigenvalue weighted by molar-refractivity contribution is -0.192. The fourth-order valence-corrected chi connectivity index (χ4v) is 0.328. The highest BCUT2D eigenvalue weighted by molar-refractivity contribution is 5.73. The lowest BCUT2D eigenvalue weighted by Crippen LogP contribution is -2.33. The van der Waals surface area contributed by atoms with E-state index < -0.39 is 30.4 Å². The van der Waals surface area contributed by atoms with Gasteiger partial charge in [-0.05, 0) is 0 Å². The Bertz CT molecular complexity index is 241. The molecule has 0 fully saturated rings. The molecule has 0 aliphatic rings. The molecular formula is C6H10F3NO6. The van der Waals surface area contributed by atoms with Gasteiger partial charge in [0.2, 0.25) is 0 Å². The van der Waals surface area contributed by atoms with Crippen LogP contribution in [0.1, 0.15) is 6.42 Å². The molecule has 0 spiro atoms. The van der Waals surface area contributed by atoms with Crippen LogP contribution in [0.3, 0.4) is 0 Å². The highest BCUT2D eigenvalue weighted by atomic mass is 19.4. The molecule has 0 aliphatic carbocycles. The maximum Gasteiger partial charge on any atom is 0.490 e. The maximum atomic E-state index is 10.6. The zero-order chi connectivity index (χ0) is 13.5. The van der Waals surface area contributed by atoms with Crippen molar-refractivity contribution in [2.75, 3.05) is 0 Å². The lowest BCUT2D eigenvalue weighted by Gasteiger charge is -2.05. The van der Waals surface area contributed by atoms with E-state index in [0.29, 0.717) is 0 Å². The summed E-state index contributed by atoms with van der Waals surface area (Å²) in [5.41, 5.74) is 4.90. The molecule has 0 bridgehead atoms. The third-order valence-electron chi connectivity index (χ3n) is 1.02. The van der Waals surface area contributed by atoms with Gasteiger partial charge in [-0.3, -0.25) is 4.79 Å². The summed E-state index contributed by atoms with van der Waals surface area (Å²) in [6, 6.07) is -1.19. The summed E-state index contributed by atoms with van der Waals surface area (Å²) in [6.45, 7) is 0. The van der Waals surface area contributed by atoms with Crippen molar-refractivity contribution < 1.29 is 43.2 Å². The minimum absolute atomic E-state index is 0.338. The summed E-state index contributed by atoms with van der Waals surface area (Å²) >= 11 is 0. The molecule has 0 radical (unpaired) electrons. The summed E-state index contributed by atoms with van der Waals surface area (Å²) < 4.78 is 31.7. The Morgan fingerprint density at radius 3 is 1.56 bits per heavy atom. The van der Waals surface area contributed by atoms with Crippen molar-refractivity contribution in [3.8, 4) is 0 Å². The number of hydrogen-bond acceptors (Lipinski definition) is 5. The van der Waals surface area contributed by atoms with Gasteiger partial charge >= 0.3 is 18.1 Å². The highest BCUT2D eigenvalue weighted by Gasteiger charge is 2.38. The minimum atomic E-state index is -5.08. The predicted molar refractivity (Wildman–Crippen MR) is 42.1 cm³/mol. The molecular weight excluding hydrogens is 239 g/mol. The van der Waals surface area contributed by atoms with Crippen molar-refractivity contribution in [2.45, 2.75) is 24.9 Å². The van der Waals surface area contributed by atoms with Crippen LogP contribution in [0.2, 0.25) is 0 Å². The summed E-state index contributed by atoms with van der Waals surface area (Å²) in [5, 5.41) is 31.6. The van der Waals surface area contributed by atoms with E-state index in [4.69, 9.17) is 31.0 Å². The molecule has 6 N–H and O–H groups in total. The first-order chi connectivity index (χ1) is 6.98. The number of aliphatic carboxylic acids is 2. The molecule has 0 saturated heterocycles. The van der Waals surface area contributed by atoms with E-state index in [1.54, 1.807) is 0 Å². The summed E-state index contributed by atoms with van der Waals surface area (Å²) in [4.78, 5) is 18.8. The summed E-state index contributed by atoms with van der Waals surface area (Å²) in [7, 11) is 0. The van der Waals surface area contributed by atoms with Crippen molar-refractivity contribution in [3.63, 3.8) is 0 Å². The number of rotatable bonds is 3. The monoisotopic (exact) mass is 249 g/mol. The predicted octanol–water partition coefficient (Wildman–Crippen LogP) is -1.27. The second-order valence-electron chi connectivity index (χ2n) is 2.46. The molecule has 7 nitrogen and oxygen atoms in total. The summed E-state index contributed by atoms with van der Waals surface area (Å²) in [5.74, 6) is -3.99. The van der Waals surface area contributed by atoms with Crippen molar-refractivity contribution in [1.82, 2.24) is 0 Å². The van der Waals surface area contributed by atoms with Gasteiger partial charge in [-0.15, -0.1) is 0 Å². The molecule has 0 aromatic carbocycles. The molecule has 0 aromatic rings. The Morgan fingerprint density at radius 1 is 1.19 bits per heavy atom. The quantitative estimate of drug-likeness (QED) is 0.393. The normalized spacial score (nSPS) is 12.7. The Balaban J connectivity index is 0. The standard InChI is InChI=1S/C4H9NO4.C2HF3O2/c5-2(4(8)9)1-3(6)7;3-2(4,5)1(6)7/h2-3,6-7H,1,5H2,(H,8,9);(H,6,7)/t2-;/m0./s1. The topological polar surface area (TPSA) is 141 Å². The van der Waals surface area contributed by atoms with Gasteiger partial charge < -0.3 is 26.2 Å². The van der Waals surface area contributed by atoms with E-state index in [1.807, 2.05) is 0 Å².